The van der Waals surface area contributed by atoms with E-state index in [1.54, 1.807) is 13.2 Å². The van der Waals surface area contributed by atoms with Gasteiger partial charge in [-0.2, -0.15) is 0 Å². The molecular weight excluding hydrogens is 414 g/mol. The summed E-state index contributed by atoms with van der Waals surface area (Å²) in [7, 11) is 0. The van der Waals surface area contributed by atoms with Gasteiger partial charge in [0.25, 0.3) is 0 Å². The molecule has 166 valence electrons. The average molecular weight is 444 g/mol. The lowest BCUT2D eigenvalue weighted by atomic mass is 9.93. The van der Waals surface area contributed by atoms with E-state index in [1.807, 2.05) is 29.6 Å². The first-order valence-corrected chi connectivity index (χ1v) is 11.8. The monoisotopic (exact) mass is 443 g/mol. The van der Waals surface area contributed by atoms with Gasteiger partial charge in [0.2, 0.25) is 0 Å². The normalized spacial score (nSPS) is 19.9. The number of ether oxygens (including phenoxy) is 1. The second-order valence-corrected chi connectivity index (χ2v) is 8.92. The molecule has 0 bridgehead atoms. The van der Waals surface area contributed by atoms with E-state index in [1.165, 1.54) is 30.6 Å². The smallest absolute Gasteiger partial charge is 0.338 e. The second-order valence-electron chi connectivity index (χ2n) is 7.94. The molecule has 0 spiro atoms. The van der Waals surface area contributed by atoms with Gasteiger partial charge in [0.1, 0.15) is 5.76 Å². The third-order valence-corrected chi connectivity index (χ3v) is 6.81. The lowest BCUT2D eigenvalue weighted by Crippen LogP contribution is -2.49. The number of carbonyl (C=O) groups excluding carboxylic acids is 2. The first-order valence-electron chi connectivity index (χ1n) is 10.9. The molecule has 31 heavy (non-hydrogen) atoms. The number of hydrogen-bond donors (Lipinski definition) is 2. The number of rotatable bonds is 8. The Morgan fingerprint density at radius 2 is 2.06 bits per heavy atom. The molecule has 4 rings (SSSR count). The van der Waals surface area contributed by atoms with Gasteiger partial charge in [-0.15, -0.1) is 11.3 Å². The molecule has 2 aromatic rings. The van der Waals surface area contributed by atoms with Crippen molar-refractivity contribution in [3.05, 3.63) is 57.8 Å². The summed E-state index contributed by atoms with van der Waals surface area (Å²) in [5.74, 6) is 0.476. The van der Waals surface area contributed by atoms with E-state index < -0.39 is 12.0 Å². The Morgan fingerprint density at radius 3 is 2.74 bits per heavy atom. The van der Waals surface area contributed by atoms with Crippen LogP contribution in [0.2, 0.25) is 0 Å². The van der Waals surface area contributed by atoms with Crippen molar-refractivity contribution >= 4 is 23.3 Å². The number of nitrogens with zero attached hydrogens (tertiary/aromatic N) is 1. The first kappa shape index (κ1) is 21.6. The molecule has 0 unspecified atom stereocenters. The van der Waals surface area contributed by atoms with Crippen LogP contribution in [0.15, 0.2) is 51.6 Å². The largest absolute Gasteiger partial charge is 0.468 e. The van der Waals surface area contributed by atoms with Gasteiger partial charge in [-0.3, -0.25) is 4.90 Å². The van der Waals surface area contributed by atoms with Gasteiger partial charge < -0.3 is 19.8 Å². The van der Waals surface area contributed by atoms with E-state index in [4.69, 9.17) is 9.15 Å². The maximum atomic E-state index is 13.0. The van der Waals surface area contributed by atoms with E-state index in [2.05, 4.69) is 15.5 Å². The van der Waals surface area contributed by atoms with Crippen LogP contribution in [0.1, 0.15) is 55.7 Å². The quantitative estimate of drug-likeness (QED) is 0.593. The Labute approximate surface area is 186 Å². The van der Waals surface area contributed by atoms with E-state index in [-0.39, 0.29) is 12.6 Å². The SMILES string of the molecule is CCOC(=O)C1=C(CN(Cc2ccco2)C2CCCCC2)NC(=O)N[C@H]1c1cccs1. The van der Waals surface area contributed by atoms with E-state index in [0.717, 1.165) is 23.5 Å². The molecule has 2 amide bonds. The highest BCUT2D eigenvalue weighted by atomic mass is 32.1. The van der Waals surface area contributed by atoms with Gasteiger partial charge in [0.05, 0.1) is 31.0 Å². The van der Waals surface area contributed by atoms with Crippen LogP contribution in [0.4, 0.5) is 4.79 Å². The highest BCUT2D eigenvalue weighted by Crippen LogP contribution is 2.32. The molecule has 1 saturated carbocycles. The number of amides is 2. The zero-order valence-corrected chi connectivity index (χ0v) is 18.6. The minimum Gasteiger partial charge on any atom is -0.468 e. The van der Waals surface area contributed by atoms with Crippen LogP contribution in [0.5, 0.6) is 0 Å². The molecule has 1 atom stereocenters. The van der Waals surface area contributed by atoms with Crippen molar-refractivity contribution in [2.75, 3.05) is 13.2 Å². The number of furan rings is 1. The lowest BCUT2D eigenvalue weighted by molar-refractivity contribution is -0.139. The van der Waals surface area contributed by atoms with Crippen molar-refractivity contribution in [3.8, 4) is 0 Å². The molecule has 7 nitrogen and oxygen atoms in total. The summed E-state index contributed by atoms with van der Waals surface area (Å²) < 4.78 is 11.0. The van der Waals surface area contributed by atoms with Gasteiger partial charge >= 0.3 is 12.0 Å². The number of carbonyl (C=O) groups is 2. The molecular formula is C23H29N3O4S. The molecule has 8 heteroatoms. The molecule has 1 fully saturated rings. The van der Waals surface area contributed by atoms with Crippen molar-refractivity contribution in [2.45, 2.75) is 57.7 Å². The lowest BCUT2D eigenvalue weighted by Gasteiger charge is -2.36. The number of urea groups is 1. The predicted octanol–water partition coefficient (Wildman–Crippen LogP) is 4.35. The molecule has 2 aliphatic rings. The van der Waals surface area contributed by atoms with Gasteiger partial charge in [0, 0.05) is 23.2 Å². The van der Waals surface area contributed by atoms with E-state index in [0.29, 0.717) is 30.4 Å². The minimum absolute atomic E-state index is 0.277. The maximum absolute atomic E-state index is 13.0. The van der Waals surface area contributed by atoms with Crippen LogP contribution in [0, 0.1) is 0 Å². The topological polar surface area (TPSA) is 83.8 Å². The summed E-state index contributed by atoms with van der Waals surface area (Å²) in [6, 6.07) is 7.26. The molecule has 0 saturated heterocycles. The van der Waals surface area contributed by atoms with E-state index >= 15 is 0 Å². The number of nitrogens with one attached hydrogen (secondary N) is 2. The number of esters is 1. The van der Waals surface area contributed by atoms with Gasteiger partial charge in [0.15, 0.2) is 0 Å². The van der Waals surface area contributed by atoms with Gasteiger partial charge in [-0.1, -0.05) is 25.3 Å². The molecule has 3 heterocycles. The summed E-state index contributed by atoms with van der Waals surface area (Å²) in [5.41, 5.74) is 1.09. The molecule has 0 radical (unpaired) electrons. The second kappa shape index (κ2) is 10.2. The van der Waals surface area contributed by atoms with Crippen LogP contribution in [0.3, 0.4) is 0 Å². The Kier molecular flexibility index (Phi) is 7.09. The van der Waals surface area contributed by atoms with Crippen molar-refractivity contribution in [1.29, 1.82) is 0 Å². The highest BCUT2D eigenvalue weighted by molar-refractivity contribution is 7.10. The van der Waals surface area contributed by atoms with Crippen molar-refractivity contribution < 1.29 is 18.7 Å². The van der Waals surface area contributed by atoms with Crippen LogP contribution in [0.25, 0.3) is 0 Å². The molecule has 0 aromatic carbocycles. The van der Waals surface area contributed by atoms with Gasteiger partial charge in [-0.25, -0.2) is 9.59 Å². The Balaban J connectivity index is 1.68. The summed E-state index contributed by atoms with van der Waals surface area (Å²) in [5, 5.41) is 7.75. The predicted molar refractivity (Wildman–Crippen MR) is 118 cm³/mol. The zero-order valence-electron chi connectivity index (χ0n) is 17.8. The average Bonchev–Trinajstić information content (AvgIpc) is 3.48. The fourth-order valence-electron chi connectivity index (χ4n) is 4.43. The van der Waals surface area contributed by atoms with Crippen LogP contribution >= 0.6 is 11.3 Å². The maximum Gasteiger partial charge on any atom is 0.338 e. The summed E-state index contributed by atoms with van der Waals surface area (Å²) >= 11 is 1.51. The fraction of sp³-hybridized carbons (Fsp3) is 0.478. The molecule has 1 aliphatic heterocycles. The third kappa shape index (κ3) is 5.19. The summed E-state index contributed by atoms with van der Waals surface area (Å²) in [6.45, 7) is 3.15. The summed E-state index contributed by atoms with van der Waals surface area (Å²) in [6.07, 6.45) is 7.51. The van der Waals surface area contributed by atoms with Crippen LogP contribution < -0.4 is 10.6 Å². The molecule has 1 aliphatic carbocycles. The van der Waals surface area contributed by atoms with Crippen LogP contribution in [-0.2, 0) is 16.1 Å². The number of hydrogen-bond acceptors (Lipinski definition) is 6. The minimum atomic E-state index is -0.514. The Morgan fingerprint density at radius 1 is 1.23 bits per heavy atom. The zero-order chi connectivity index (χ0) is 21.6. The van der Waals surface area contributed by atoms with Crippen LogP contribution in [-0.4, -0.2) is 36.1 Å². The standard InChI is InChI=1S/C23H29N3O4S/c1-2-29-22(27)20-18(24-23(28)25-21(20)19-11-7-13-31-19)15-26(14-17-10-6-12-30-17)16-8-4-3-5-9-16/h6-7,10-13,16,21H,2-5,8-9,14-15H2,1H3,(H2,24,25,28)/t21-/m0/s1. The molecule has 2 N–H and O–H groups in total. The summed E-state index contributed by atoms with van der Waals surface area (Å²) in [4.78, 5) is 28.8. The molecule has 2 aromatic heterocycles. The first-order chi connectivity index (χ1) is 15.2. The van der Waals surface area contributed by atoms with E-state index in [9.17, 15) is 9.59 Å². The third-order valence-electron chi connectivity index (χ3n) is 5.87. The number of thiophene rings is 1. The van der Waals surface area contributed by atoms with Gasteiger partial charge in [-0.05, 0) is 43.3 Å². The Bertz CT molecular complexity index is 901. The van der Waals surface area contributed by atoms with Crippen molar-refractivity contribution in [1.82, 2.24) is 15.5 Å². The van der Waals surface area contributed by atoms with Crippen molar-refractivity contribution in [3.63, 3.8) is 0 Å². The Hall–Kier alpha value is -2.58. The van der Waals surface area contributed by atoms with Crippen molar-refractivity contribution in [2.24, 2.45) is 0 Å². The fourth-order valence-corrected chi connectivity index (χ4v) is 5.21. The highest BCUT2D eigenvalue weighted by Gasteiger charge is 2.36.